The maximum absolute atomic E-state index is 12.2. The van der Waals surface area contributed by atoms with Gasteiger partial charge < -0.3 is 10.4 Å². The summed E-state index contributed by atoms with van der Waals surface area (Å²) in [5, 5.41) is 13.2. The molecule has 4 nitrogen and oxygen atoms in total. The first-order chi connectivity index (χ1) is 9.95. The summed E-state index contributed by atoms with van der Waals surface area (Å²) in [7, 11) is 0. The molecule has 0 radical (unpaired) electrons. The van der Waals surface area contributed by atoms with Crippen molar-refractivity contribution >= 4 is 23.2 Å². The zero-order valence-corrected chi connectivity index (χ0v) is 13.4. The van der Waals surface area contributed by atoms with Gasteiger partial charge >= 0.3 is 0 Å². The van der Waals surface area contributed by atoms with Crippen LogP contribution in [0.25, 0.3) is 0 Å². The van der Waals surface area contributed by atoms with Crippen LogP contribution >= 0.6 is 11.6 Å². The third kappa shape index (κ3) is 4.70. The standard InChI is InChI=1S/C16H23ClN2O2/c1-11-5-6-14(17)8-15(11)18-16(21)10-19-7-3-4-13(9-19)12(2)20/h5-6,8,12-13,20H,3-4,7,9-10H2,1-2H3,(H,18,21). The number of amides is 1. The first-order valence-electron chi connectivity index (χ1n) is 7.42. The average Bonchev–Trinajstić information content (AvgIpc) is 2.43. The molecule has 2 atom stereocenters. The fourth-order valence-electron chi connectivity index (χ4n) is 2.75. The van der Waals surface area contributed by atoms with Crippen LogP contribution in [0.5, 0.6) is 0 Å². The molecule has 0 bridgehead atoms. The molecule has 1 aliphatic rings. The van der Waals surface area contributed by atoms with Crippen LogP contribution in [0.1, 0.15) is 25.3 Å². The molecule has 0 aliphatic carbocycles. The molecule has 21 heavy (non-hydrogen) atoms. The third-order valence-corrected chi connectivity index (χ3v) is 4.30. The lowest BCUT2D eigenvalue weighted by Gasteiger charge is -2.33. The number of aryl methyl sites for hydroxylation is 1. The number of hydrogen-bond acceptors (Lipinski definition) is 3. The van der Waals surface area contributed by atoms with Crippen molar-refractivity contribution in [1.82, 2.24) is 4.90 Å². The Bertz CT molecular complexity index is 505. The van der Waals surface area contributed by atoms with Gasteiger partial charge in [0.25, 0.3) is 0 Å². The molecule has 0 saturated carbocycles. The van der Waals surface area contributed by atoms with Gasteiger partial charge in [-0.15, -0.1) is 0 Å². The van der Waals surface area contributed by atoms with E-state index in [9.17, 15) is 9.90 Å². The summed E-state index contributed by atoms with van der Waals surface area (Å²) in [6, 6.07) is 5.47. The van der Waals surface area contributed by atoms with E-state index in [0.29, 0.717) is 11.6 Å². The molecule has 1 aliphatic heterocycles. The minimum atomic E-state index is -0.314. The zero-order valence-electron chi connectivity index (χ0n) is 12.6. The van der Waals surface area contributed by atoms with Crippen molar-refractivity contribution in [3.63, 3.8) is 0 Å². The number of anilines is 1. The number of carbonyl (C=O) groups excluding carboxylic acids is 1. The van der Waals surface area contributed by atoms with Crippen molar-refractivity contribution in [3.05, 3.63) is 28.8 Å². The molecular formula is C16H23ClN2O2. The van der Waals surface area contributed by atoms with Crippen molar-refractivity contribution in [2.24, 2.45) is 5.92 Å². The van der Waals surface area contributed by atoms with Crippen LogP contribution in [0.2, 0.25) is 5.02 Å². The van der Waals surface area contributed by atoms with Gasteiger partial charge in [-0.3, -0.25) is 9.69 Å². The Labute approximate surface area is 131 Å². The Morgan fingerprint density at radius 1 is 1.57 bits per heavy atom. The van der Waals surface area contributed by atoms with E-state index in [0.717, 1.165) is 37.2 Å². The summed E-state index contributed by atoms with van der Waals surface area (Å²) >= 11 is 5.96. The molecule has 1 amide bonds. The summed E-state index contributed by atoms with van der Waals surface area (Å²) in [6.45, 7) is 5.81. The highest BCUT2D eigenvalue weighted by molar-refractivity contribution is 6.31. The van der Waals surface area contributed by atoms with Crippen LogP contribution in [-0.4, -0.2) is 41.7 Å². The number of benzene rings is 1. The van der Waals surface area contributed by atoms with Gasteiger partial charge in [-0.2, -0.15) is 0 Å². The Balaban J connectivity index is 1.91. The number of aliphatic hydroxyl groups excluding tert-OH is 1. The first-order valence-corrected chi connectivity index (χ1v) is 7.80. The van der Waals surface area contributed by atoms with Crippen molar-refractivity contribution in [1.29, 1.82) is 0 Å². The van der Waals surface area contributed by atoms with E-state index in [2.05, 4.69) is 10.2 Å². The summed E-state index contributed by atoms with van der Waals surface area (Å²) in [5.74, 6) is 0.228. The largest absolute Gasteiger partial charge is 0.393 e. The van der Waals surface area contributed by atoms with Crippen LogP contribution in [0.15, 0.2) is 18.2 Å². The SMILES string of the molecule is Cc1ccc(Cl)cc1NC(=O)CN1CCCC(C(C)O)C1. The normalized spacial score (nSPS) is 21.0. The lowest BCUT2D eigenvalue weighted by atomic mass is 9.93. The molecule has 0 aromatic heterocycles. The van der Waals surface area contributed by atoms with E-state index in [1.807, 2.05) is 26.0 Å². The van der Waals surface area contributed by atoms with E-state index < -0.39 is 0 Å². The van der Waals surface area contributed by atoms with Crippen LogP contribution in [0.3, 0.4) is 0 Å². The number of nitrogens with zero attached hydrogens (tertiary/aromatic N) is 1. The molecule has 1 aromatic carbocycles. The van der Waals surface area contributed by atoms with E-state index in [1.54, 1.807) is 6.07 Å². The molecule has 1 saturated heterocycles. The Hall–Kier alpha value is -1.10. The second kappa shape index (κ2) is 7.25. The topological polar surface area (TPSA) is 52.6 Å². The number of piperidine rings is 1. The number of rotatable bonds is 4. The predicted molar refractivity (Wildman–Crippen MR) is 85.7 cm³/mol. The molecule has 116 valence electrons. The van der Waals surface area contributed by atoms with Gasteiger partial charge in [-0.05, 0) is 56.8 Å². The minimum Gasteiger partial charge on any atom is -0.393 e. The number of nitrogens with one attached hydrogen (secondary N) is 1. The Kier molecular flexibility index (Phi) is 5.62. The van der Waals surface area contributed by atoms with Gasteiger partial charge in [-0.25, -0.2) is 0 Å². The summed E-state index contributed by atoms with van der Waals surface area (Å²) in [5.41, 5.74) is 1.75. The molecule has 2 rings (SSSR count). The molecule has 2 N–H and O–H groups in total. The monoisotopic (exact) mass is 310 g/mol. The predicted octanol–water partition coefficient (Wildman–Crippen LogP) is 2.68. The van der Waals surface area contributed by atoms with Crippen molar-refractivity contribution in [2.75, 3.05) is 25.0 Å². The van der Waals surface area contributed by atoms with E-state index in [4.69, 9.17) is 11.6 Å². The number of aliphatic hydroxyl groups is 1. The highest BCUT2D eigenvalue weighted by atomic mass is 35.5. The second-order valence-corrected chi connectivity index (χ2v) is 6.32. The Morgan fingerprint density at radius 2 is 2.33 bits per heavy atom. The average molecular weight is 311 g/mol. The minimum absolute atomic E-state index is 0.0355. The molecule has 1 heterocycles. The zero-order chi connectivity index (χ0) is 15.4. The molecule has 2 unspecified atom stereocenters. The molecular weight excluding hydrogens is 288 g/mol. The second-order valence-electron chi connectivity index (χ2n) is 5.89. The summed E-state index contributed by atoms with van der Waals surface area (Å²) in [6.07, 6.45) is 1.74. The van der Waals surface area contributed by atoms with Gasteiger partial charge in [0.2, 0.25) is 5.91 Å². The van der Waals surface area contributed by atoms with E-state index >= 15 is 0 Å². The van der Waals surface area contributed by atoms with Gasteiger partial charge in [0.1, 0.15) is 0 Å². The lowest BCUT2D eigenvalue weighted by molar-refractivity contribution is -0.118. The van der Waals surface area contributed by atoms with Crippen LogP contribution in [0, 0.1) is 12.8 Å². The summed E-state index contributed by atoms with van der Waals surface area (Å²) in [4.78, 5) is 14.3. The van der Waals surface area contributed by atoms with Crippen LogP contribution in [-0.2, 0) is 4.79 Å². The summed E-state index contributed by atoms with van der Waals surface area (Å²) < 4.78 is 0. The molecule has 0 spiro atoms. The number of hydrogen-bond donors (Lipinski definition) is 2. The fraction of sp³-hybridized carbons (Fsp3) is 0.562. The van der Waals surface area contributed by atoms with E-state index in [1.165, 1.54) is 0 Å². The number of likely N-dealkylation sites (tertiary alicyclic amines) is 1. The number of carbonyl (C=O) groups is 1. The van der Waals surface area contributed by atoms with Crippen LogP contribution in [0.4, 0.5) is 5.69 Å². The van der Waals surface area contributed by atoms with Gasteiger partial charge in [0.05, 0.1) is 12.6 Å². The third-order valence-electron chi connectivity index (χ3n) is 4.07. The highest BCUT2D eigenvalue weighted by Gasteiger charge is 2.24. The highest BCUT2D eigenvalue weighted by Crippen LogP contribution is 2.21. The quantitative estimate of drug-likeness (QED) is 0.899. The maximum Gasteiger partial charge on any atom is 0.238 e. The van der Waals surface area contributed by atoms with Crippen LogP contribution < -0.4 is 5.32 Å². The van der Waals surface area contributed by atoms with Crippen molar-refractivity contribution in [3.8, 4) is 0 Å². The fourth-order valence-corrected chi connectivity index (χ4v) is 2.92. The van der Waals surface area contributed by atoms with Gasteiger partial charge in [-0.1, -0.05) is 17.7 Å². The first kappa shape index (κ1) is 16.3. The maximum atomic E-state index is 12.2. The molecule has 1 fully saturated rings. The van der Waals surface area contributed by atoms with Crippen molar-refractivity contribution < 1.29 is 9.90 Å². The van der Waals surface area contributed by atoms with Gasteiger partial charge in [0.15, 0.2) is 0 Å². The van der Waals surface area contributed by atoms with Crippen molar-refractivity contribution in [2.45, 2.75) is 32.8 Å². The van der Waals surface area contributed by atoms with E-state index in [-0.39, 0.29) is 17.9 Å². The number of halogens is 1. The van der Waals surface area contributed by atoms with Gasteiger partial charge in [0, 0.05) is 17.3 Å². The Morgan fingerprint density at radius 3 is 3.05 bits per heavy atom. The lowest BCUT2D eigenvalue weighted by Crippen LogP contribution is -2.43. The molecule has 5 heteroatoms. The molecule has 1 aromatic rings. The smallest absolute Gasteiger partial charge is 0.238 e.